The molecule has 162 valence electrons. The van der Waals surface area contributed by atoms with E-state index in [0.717, 1.165) is 11.9 Å². The first-order valence-corrected chi connectivity index (χ1v) is 9.37. The maximum absolute atomic E-state index is 13.0. The molecule has 1 amide bonds. The maximum atomic E-state index is 13.0. The molecule has 0 saturated carbocycles. The van der Waals surface area contributed by atoms with E-state index < -0.39 is 11.9 Å². The molecule has 11 heteroatoms. The molecular formula is C18H32N8O3. The molecule has 0 saturated heterocycles. The lowest BCUT2D eigenvalue weighted by Crippen LogP contribution is -2.47. The Morgan fingerprint density at radius 2 is 1.97 bits per heavy atom. The molecule has 29 heavy (non-hydrogen) atoms. The molecule has 0 fully saturated rings. The van der Waals surface area contributed by atoms with Crippen molar-refractivity contribution in [3.8, 4) is 5.75 Å². The molecule has 0 aromatic heterocycles. The zero-order valence-corrected chi connectivity index (χ0v) is 17.3. The minimum absolute atomic E-state index is 0.163. The minimum Gasteiger partial charge on any atom is -0.491 e. The Kier molecular flexibility index (Phi) is 10.6. The topological polar surface area (TPSA) is 168 Å². The molecule has 0 aliphatic rings. The Labute approximate surface area is 170 Å². The predicted octanol–water partition coefficient (Wildman–Crippen LogP) is -0.374. The second-order valence-electron chi connectivity index (χ2n) is 6.88. The van der Waals surface area contributed by atoms with E-state index in [1.54, 1.807) is 12.1 Å². The van der Waals surface area contributed by atoms with Crippen molar-refractivity contribution in [2.75, 3.05) is 18.5 Å². The molecular weight excluding hydrogens is 376 g/mol. The number of hydrogen-bond donors (Lipinski definition) is 7. The first-order chi connectivity index (χ1) is 13.8. The van der Waals surface area contributed by atoms with Crippen LogP contribution in [0.4, 0.5) is 5.69 Å². The van der Waals surface area contributed by atoms with Gasteiger partial charge < -0.3 is 21.1 Å². The normalized spacial score (nSPS) is 12.3. The Hall–Kier alpha value is -2.73. The van der Waals surface area contributed by atoms with E-state index in [9.17, 15) is 9.59 Å². The fourth-order valence-corrected chi connectivity index (χ4v) is 2.45. The number of ketones is 1. The van der Waals surface area contributed by atoms with E-state index in [4.69, 9.17) is 16.3 Å². The third-order valence-corrected chi connectivity index (χ3v) is 3.70. The van der Waals surface area contributed by atoms with Crippen molar-refractivity contribution in [3.05, 3.63) is 23.8 Å². The van der Waals surface area contributed by atoms with Crippen molar-refractivity contribution in [2.45, 2.75) is 39.8 Å². The van der Waals surface area contributed by atoms with Crippen LogP contribution in [0, 0.1) is 5.92 Å². The molecule has 1 aromatic carbocycles. The number of benzene rings is 1. The van der Waals surface area contributed by atoms with Crippen LogP contribution in [-0.4, -0.2) is 43.1 Å². The van der Waals surface area contributed by atoms with Crippen LogP contribution in [0.15, 0.2) is 23.3 Å². The quantitative estimate of drug-likeness (QED) is 0.0996. The summed E-state index contributed by atoms with van der Waals surface area (Å²) in [6.45, 7) is 8.22. The molecule has 0 aliphatic carbocycles. The maximum Gasteiger partial charge on any atom is 0.255 e. The number of hydrazine groups is 3. The van der Waals surface area contributed by atoms with Gasteiger partial charge in [-0.05, 0) is 38.0 Å². The van der Waals surface area contributed by atoms with Gasteiger partial charge in [-0.2, -0.15) is 10.6 Å². The van der Waals surface area contributed by atoms with Crippen molar-refractivity contribution in [3.63, 3.8) is 0 Å². The molecule has 1 atom stereocenters. The number of nitrogens with zero attached hydrogens (tertiary/aromatic N) is 1. The lowest BCUT2D eigenvalue weighted by atomic mass is 9.99. The number of nitrogens with two attached hydrogens (primary N) is 2. The summed E-state index contributed by atoms with van der Waals surface area (Å²) in [5, 5.41) is 9.68. The van der Waals surface area contributed by atoms with Gasteiger partial charge in [-0.1, -0.05) is 13.8 Å². The summed E-state index contributed by atoms with van der Waals surface area (Å²) in [7, 11) is 0. The highest BCUT2D eigenvalue weighted by Gasteiger charge is 2.25. The van der Waals surface area contributed by atoms with E-state index in [0.29, 0.717) is 17.9 Å². The fourth-order valence-electron chi connectivity index (χ4n) is 2.45. The number of nitrogens with one attached hydrogen (secondary N) is 5. The molecule has 11 nitrogen and oxygen atoms in total. The molecule has 0 bridgehead atoms. The zero-order chi connectivity index (χ0) is 21.8. The number of ether oxygens (including phenoxy) is 1. The van der Waals surface area contributed by atoms with Gasteiger partial charge in [0.15, 0.2) is 5.78 Å². The molecule has 0 spiro atoms. The largest absolute Gasteiger partial charge is 0.491 e. The van der Waals surface area contributed by atoms with Gasteiger partial charge in [0.25, 0.3) is 5.91 Å². The van der Waals surface area contributed by atoms with Gasteiger partial charge in [-0.25, -0.2) is 5.53 Å². The van der Waals surface area contributed by atoms with Crippen molar-refractivity contribution in [2.24, 2.45) is 22.6 Å². The minimum atomic E-state index is -0.775. The van der Waals surface area contributed by atoms with Crippen LogP contribution >= 0.6 is 0 Å². The molecule has 1 rings (SSSR count). The number of hydrazone groups is 1. The third kappa shape index (κ3) is 8.44. The number of rotatable bonds is 13. The van der Waals surface area contributed by atoms with E-state index in [1.807, 2.05) is 33.8 Å². The molecule has 0 heterocycles. The second kappa shape index (κ2) is 12.7. The zero-order valence-electron chi connectivity index (χ0n) is 17.3. The summed E-state index contributed by atoms with van der Waals surface area (Å²) in [5.41, 5.74) is 13.3. The molecule has 1 aromatic rings. The lowest BCUT2D eigenvalue weighted by molar-refractivity contribution is -0.115. The summed E-state index contributed by atoms with van der Waals surface area (Å²) >= 11 is 0. The van der Waals surface area contributed by atoms with Gasteiger partial charge in [0.2, 0.25) is 0 Å². The van der Waals surface area contributed by atoms with Crippen LogP contribution in [0.1, 0.15) is 38.1 Å². The summed E-state index contributed by atoms with van der Waals surface area (Å²) in [4.78, 5) is 25.4. The molecule has 9 N–H and O–H groups in total. The Morgan fingerprint density at radius 3 is 2.55 bits per heavy atom. The smallest absolute Gasteiger partial charge is 0.255 e. The van der Waals surface area contributed by atoms with Crippen LogP contribution in [0.2, 0.25) is 0 Å². The highest BCUT2D eigenvalue weighted by molar-refractivity contribution is 6.30. The van der Waals surface area contributed by atoms with E-state index in [1.165, 1.54) is 0 Å². The van der Waals surface area contributed by atoms with Gasteiger partial charge in [-0.15, -0.1) is 5.53 Å². The monoisotopic (exact) mass is 408 g/mol. The van der Waals surface area contributed by atoms with Crippen molar-refractivity contribution in [1.82, 2.24) is 21.9 Å². The van der Waals surface area contributed by atoms with E-state index in [-0.39, 0.29) is 24.3 Å². The van der Waals surface area contributed by atoms with Crippen molar-refractivity contribution in [1.29, 1.82) is 0 Å². The number of anilines is 1. The SMILES string of the molecule is CC(C)Nc1ccc(OCCN)c(C(=O)N[C@H](C(=O)/C=N\NNNN)C(C)C)c1. The summed E-state index contributed by atoms with van der Waals surface area (Å²) in [5.74, 6) is 4.44. The first-order valence-electron chi connectivity index (χ1n) is 9.37. The number of hydrogen-bond acceptors (Lipinski definition) is 10. The van der Waals surface area contributed by atoms with Gasteiger partial charge in [0.1, 0.15) is 12.4 Å². The van der Waals surface area contributed by atoms with Gasteiger partial charge in [0.05, 0.1) is 17.8 Å². The van der Waals surface area contributed by atoms with Crippen molar-refractivity contribution >= 4 is 23.6 Å². The highest BCUT2D eigenvalue weighted by atomic mass is 16.5. The average Bonchev–Trinajstić information content (AvgIpc) is 2.67. The van der Waals surface area contributed by atoms with Crippen LogP contribution < -0.4 is 43.6 Å². The van der Waals surface area contributed by atoms with Crippen LogP contribution in [-0.2, 0) is 4.79 Å². The van der Waals surface area contributed by atoms with Crippen LogP contribution in [0.3, 0.4) is 0 Å². The van der Waals surface area contributed by atoms with Crippen LogP contribution in [0.25, 0.3) is 0 Å². The predicted molar refractivity (Wildman–Crippen MR) is 113 cm³/mol. The van der Waals surface area contributed by atoms with Gasteiger partial charge in [-0.3, -0.25) is 15.4 Å². The number of carbonyl (C=O) groups is 2. The summed E-state index contributed by atoms with van der Waals surface area (Å²) < 4.78 is 5.60. The summed E-state index contributed by atoms with van der Waals surface area (Å²) in [6.07, 6.45) is 1.07. The lowest BCUT2D eigenvalue weighted by Gasteiger charge is -2.21. The average molecular weight is 409 g/mol. The number of amides is 1. The number of Topliss-reactive ketones (excluding diaryl/α,β-unsaturated/α-hetero) is 1. The molecule has 0 aliphatic heterocycles. The molecule has 0 radical (unpaired) electrons. The highest BCUT2D eigenvalue weighted by Crippen LogP contribution is 2.24. The van der Waals surface area contributed by atoms with Gasteiger partial charge >= 0.3 is 0 Å². The Bertz CT molecular complexity index is 694. The van der Waals surface area contributed by atoms with Crippen molar-refractivity contribution < 1.29 is 14.3 Å². The van der Waals surface area contributed by atoms with Crippen LogP contribution in [0.5, 0.6) is 5.75 Å². The Balaban J connectivity index is 3.04. The molecule has 0 unspecified atom stereocenters. The Morgan fingerprint density at radius 1 is 1.24 bits per heavy atom. The third-order valence-electron chi connectivity index (χ3n) is 3.70. The van der Waals surface area contributed by atoms with E-state index in [2.05, 4.69) is 32.3 Å². The number of carbonyl (C=O) groups excluding carboxylic acids is 2. The summed E-state index contributed by atoms with van der Waals surface area (Å²) in [6, 6.07) is 4.63. The second-order valence-corrected chi connectivity index (χ2v) is 6.88. The van der Waals surface area contributed by atoms with E-state index >= 15 is 0 Å². The van der Waals surface area contributed by atoms with Gasteiger partial charge in [0, 0.05) is 18.3 Å². The first kappa shape index (κ1) is 24.3. The standard InChI is InChI=1S/C18H32N8O3/c1-11(2)17(15(27)10-21-25-26-24-20)23-18(28)14-9-13(22-12(3)4)5-6-16(14)29-8-7-19/h5-6,9-12,17,22,24-26H,7-8,19-20H2,1-4H3,(H,23,28)/b21-10-/t17-/m0/s1. The fraction of sp³-hybridized carbons (Fsp3) is 0.500.